The molecular formula is C13H18N2O. The van der Waals surface area contributed by atoms with E-state index in [0.29, 0.717) is 6.54 Å². The molecule has 1 unspecified atom stereocenters. The van der Waals surface area contributed by atoms with Gasteiger partial charge in [0, 0.05) is 12.5 Å². The Kier molecular flexibility index (Phi) is 2.97. The molecular weight excluding hydrogens is 200 g/mol. The predicted octanol–water partition coefficient (Wildman–Crippen LogP) is 1.39. The highest BCUT2D eigenvalue weighted by Gasteiger charge is 2.35. The van der Waals surface area contributed by atoms with Crippen molar-refractivity contribution in [1.29, 1.82) is 0 Å². The van der Waals surface area contributed by atoms with Crippen LogP contribution in [0.25, 0.3) is 0 Å². The number of amides is 1. The largest absolute Gasteiger partial charge is 0.345 e. The number of hydrogen-bond acceptors (Lipinski definition) is 2. The van der Waals surface area contributed by atoms with Crippen molar-refractivity contribution in [2.75, 3.05) is 6.54 Å². The molecule has 16 heavy (non-hydrogen) atoms. The first-order valence-corrected chi connectivity index (χ1v) is 5.73. The molecule has 0 aliphatic heterocycles. The number of rotatable bonds is 4. The molecule has 0 bridgehead atoms. The van der Waals surface area contributed by atoms with Crippen molar-refractivity contribution in [2.45, 2.75) is 25.3 Å². The Balaban J connectivity index is 2.15. The Morgan fingerprint density at radius 3 is 2.56 bits per heavy atom. The summed E-state index contributed by atoms with van der Waals surface area (Å²) in [6, 6.07) is 9.89. The van der Waals surface area contributed by atoms with E-state index in [0.717, 1.165) is 18.4 Å². The van der Waals surface area contributed by atoms with Gasteiger partial charge in [-0.2, -0.15) is 0 Å². The number of hydrogen-bond donors (Lipinski definition) is 2. The fraction of sp³-hybridized carbons (Fsp3) is 0.462. The second-order valence-corrected chi connectivity index (χ2v) is 4.67. The van der Waals surface area contributed by atoms with E-state index in [1.807, 2.05) is 37.3 Å². The van der Waals surface area contributed by atoms with Crippen LogP contribution in [0.1, 0.15) is 25.3 Å². The molecule has 86 valence electrons. The second kappa shape index (κ2) is 4.26. The zero-order chi connectivity index (χ0) is 11.6. The summed E-state index contributed by atoms with van der Waals surface area (Å²) in [7, 11) is 0. The first kappa shape index (κ1) is 11.1. The Labute approximate surface area is 96.0 Å². The number of nitrogens with one attached hydrogen (secondary N) is 1. The summed E-state index contributed by atoms with van der Waals surface area (Å²) in [6.07, 6.45) is 2.03. The molecule has 0 radical (unpaired) electrons. The van der Waals surface area contributed by atoms with Crippen molar-refractivity contribution in [3.63, 3.8) is 0 Å². The van der Waals surface area contributed by atoms with Crippen LogP contribution in [0.4, 0.5) is 0 Å². The van der Waals surface area contributed by atoms with E-state index < -0.39 is 5.54 Å². The maximum absolute atomic E-state index is 11.8. The van der Waals surface area contributed by atoms with E-state index in [1.54, 1.807) is 0 Å². The molecule has 0 aromatic heterocycles. The highest BCUT2D eigenvalue weighted by atomic mass is 16.2. The van der Waals surface area contributed by atoms with Crippen molar-refractivity contribution < 1.29 is 4.79 Å². The lowest BCUT2D eigenvalue weighted by molar-refractivity contribution is -0.124. The number of nitrogens with two attached hydrogens (primary N) is 1. The normalized spacial score (nSPS) is 18.9. The third kappa shape index (κ3) is 2.25. The Morgan fingerprint density at radius 2 is 2.06 bits per heavy atom. The first-order valence-electron chi connectivity index (χ1n) is 5.73. The third-order valence-corrected chi connectivity index (χ3v) is 3.17. The van der Waals surface area contributed by atoms with Gasteiger partial charge in [-0.15, -0.1) is 0 Å². The number of benzene rings is 1. The average molecular weight is 218 g/mol. The monoisotopic (exact) mass is 218 g/mol. The van der Waals surface area contributed by atoms with E-state index >= 15 is 0 Å². The molecule has 2 rings (SSSR count). The molecule has 1 aromatic rings. The van der Waals surface area contributed by atoms with Crippen LogP contribution in [-0.2, 0) is 10.3 Å². The zero-order valence-corrected chi connectivity index (χ0v) is 9.57. The molecule has 1 saturated carbocycles. The van der Waals surface area contributed by atoms with E-state index in [-0.39, 0.29) is 11.8 Å². The summed E-state index contributed by atoms with van der Waals surface area (Å²) in [6.45, 7) is 2.39. The standard InChI is InChI=1S/C13H18N2O/c1-13(9-14,11-5-3-2-4-6-11)15-12(16)10-7-8-10/h2-6,10H,7-9,14H2,1H3,(H,15,16). The van der Waals surface area contributed by atoms with Gasteiger partial charge in [0.15, 0.2) is 0 Å². The quantitative estimate of drug-likeness (QED) is 0.802. The van der Waals surface area contributed by atoms with Gasteiger partial charge in [0.2, 0.25) is 5.91 Å². The highest BCUT2D eigenvalue weighted by Crippen LogP contribution is 2.30. The van der Waals surface area contributed by atoms with Crippen molar-refractivity contribution in [3.05, 3.63) is 35.9 Å². The van der Waals surface area contributed by atoms with Gasteiger partial charge in [-0.3, -0.25) is 4.79 Å². The van der Waals surface area contributed by atoms with Crippen molar-refractivity contribution in [2.24, 2.45) is 11.7 Å². The molecule has 0 spiro atoms. The van der Waals surface area contributed by atoms with E-state index in [2.05, 4.69) is 5.32 Å². The van der Waals surface area contributed by atoms with Gasteiger partial charge in [0.25, 0.3) is 0 Å². The van der Waals surface area contributed by atoms with Crippen molar-refractivity contribution in [3.8, 4) is 0 Å². The topological polar surface area (TPSA) is 55.1 Å². The number of carbonyl (C=O) groups excluding carboxylic acids is 1. The molecule has 1 fully saturated rings. The van der Waals surface area contributed by atoms with Gasteiger partial charge < -0.3 is 11.1 Å². The van der Waals surface area contributed by atoms with Gasteiger partial charge in [-0.05, 0) is 25.3 Å². The lowest BCUT2D eigenvalue weighted by Crippen LogP contribution is -2.49. The fourth-order valence-electron chi connectivity index (χ4n) is 1.77. The summed E-state index contributed by atoms with van der Waals surface area (Å²) < 4.78 is 0. The average Bonchev–Trinajstić information content (AvgIpc) is 3.14. The molecule has 0 saturated heterocycles. The van der Waals surface area contributed by atoms with Crippen LogP contribution < -0.4 is 11.1 Å². The van der Waals surface area contributed by atoms with E-state index in [9.17, 15) is 4.79 Å². The van der Waals surface area contributed by atoms with Crippen LogP contribution in [0.2, 0.25) is 0 Å². The second-order valence-electron chi connectivity index (χ2n) is 4.67. The molecule has 1 atom stereocenters. The molecule has 0 heterocycles. The minimum atomic E-state index is -0.444. The lowest BCUT2D eigenvalue weighted by Gasteiger charge is -2.30. The van der Waals surface area contributed by atoms with Crippen LogP contribution in [-0.4, -0.2) is 12.5 Å². The Morgan fingerprint density at radius 1 is 1.44 bits per heavy atom. The molecule has 1 aliphatic carbocycles. The van der Waals surface area contributed by atoms with Gasteiger partial charge in [0.1, 0.15) is 0 Å². The van der Waals surface area contributed by atoms with Crippen molar-refractivity contribution in [1.82, 2.24) is 5.32 Å². The highest BCUT2D eigenvalue weighted by molar-refractivity contribution is 5.81. The SMILES string of the molecule is CC(CN)(NC(=O)C1CC1)c1ccccc1. The van der Waals surface area contributed by atoms with Crippen molar-refractivity contribution >= 4 is 5.91 Å². The third-order valence-electron chi connectivity index (χ3n) is 3.17. The van der Waals surface area contributed by atoms with E-state index in [4.69, 9.17) is 5.73 Å². The smallest absolute Gasteiger partial charge is 0.223 e. The van der Waals surface area contributed by atoms with Gasteiger partial charge in [0.05, 0.1) is 5.54 Å². The van der Waals surface area contributed by atoms with Crippen LogP contribution in [0.3, 0.4) is 0 Å². The molecule has 3 heteroatoms. The molecule has 1 amide bonds. The summed E-state index contributed by atoms with van der Waals surface area (Å²) in [5.41, 5.74) is 6.41. The maximum Gasteiger partial charge on any atom is 0.223 e. The number of carbonyl (C=O) groups is 1. The van der Waals surface area contributed by atoms with Crippen LogP contribution in [0.5, 0.6) is 0 Å². The molecule has 3 nitrogen and oxygen atoms in total. The van der Waals surface area contributed by atoms with E-state index in [1.165, 1.54) is 0 Å². The van der Waals surface area contributed by atoms with Gasteiger partial charge >= 0.3 is 0 Å². The molecule has 1 aromatic carbocycles. The van der Waals surface area contributed by atoms with Crippen LogP contribution in [0, 0.1) is 5.92 Å². The summed E-state index contributed by atoms with van der Waals surface area (Å²) >= 11 is 0. The van der Waals surface area contributed by atoms with Gasteiger partial charge in [-0.1, -0.05) is 30.3 Å². The van der Waals surface area contributed by atoms with Gasteiger partial charge in [-0.25, -0.2) is 0 Å². The summed E-state index contributed by atoms with van der Waals surface area (Å²) in [5, 5.41) is 3.06. The minimum absolute atomic E-state index is 0.136. The fourth-order valence-corrected chi connectivity index (χ4v) is 1.77. The summed E-state index contributed by atoms with van der Waals surface area (Å²) in [5.74, 6) is 0.353. The minimum Gasteiger partial charge on any atom is -0.345 e. The van der Waals surface area contributed by atoms with Crippen LogP contribution in [0.15, 0.2) is 30.3 Å². The first-order chi connectivity index (χ1) is 7.65. The Hall–Kier alpha value is -1.35. The lowest BCUT2D eigenvalue weighted by atomic mass is 9.92. The molecule has 3 N–H and O–H groups in total. The van der Waals surface area contributed by atoms with Crippen LogP contribution >= 0.6 is 0 Å². The predicted molar refractivity (Wildman–Crippen MR) is 63.7 cm³/mol. The maximum atomic E-state index is 11.8. The summed E-state index contributed by atoms with van der Waals surface area (Å²) in [4.78, 5) is 11.8. The zero-order valence-electron chi connectivity index (χ0n) is 9.57. The molecule has 1 aliphatic rings. The Bertz CT molecular complexity index is 373.